The van der Waals surface area contributed by atoms with Crippen LogP contribution in [0.5, 0.6) is 0 Å². The summed E-state index contributed by atoms with van der Waals surface area (Å²) >= 11 is 0. The molecule has 3 heterocycles. The van der Waals surface area contributed by atoms with Crippen LogP contribution < -0.4 is 5.32 Å². The third-order valence-electron chi connectivity index (χ3n) is 4.85. The van der Waals surface area contributed by atoms with Gasteiger partial charge in [-0.25, -0.2) is 9.98 Å². The summed E-state index contributed by atoms with van der Waals surface area (Å²) in [7, 11) is 0. The molecule has 4 rings (SSSR count). The minimum Gasteiger partial charge on any atom is -0.444 e. The molecule has 8 heteroatoms. The minimum atomic E-state index is 0.484. The SMILES string of the molecule is CCNC(=NCc1coc(-c2ccccc2)n1)N1CCN(Cc2ccon2)CC1. The normalized spacial score (nSPS) is 15.6. The zero-order valence-electron chi connectivity index (χ0n) is 16.6. The molecule has 1 aliphatic heterocycles. The molecule has 0 radical (unpaired) electrons. The number of rotatable bonds is 6. The second-order valence-electron chi connectivity index (χ2n) is 6.93. The van der Waals surface area contributed by atoms with Crippen molar-refractivity contribution >= 4 is 5.96 Å². The van der Waals surface area contributed by atoms with Crippen molar-refractivity contribution in [3.05, 3.63) is 60.3 Å². The van der Waals surface area contributed by atoms with Crippen LogP contribution in [0.4, 0.5) is 0 Å². The van der Waals surface area contributed by atoms with E-state index in [1.54, 1.807) is 12.5 Å². The molecule has 29 heavy (non-hydrogen) atoms. The van der Waals surface area contributed by atoms with E-state index in [1.165, 1.54) is 0 Å². The van der Waals surface area contributed by atoms with Crippen molar-refractivity contribution in [3.8, 4) is 11.5 Å². The quantitative estimate of drug-likeness (QED) is 0.508. The van der Waals surface area contributed by atoms with Crippen LogP contribution in [0.3, 0.4) is 0 Å². The number of benzene rings is 1. The van der Waals surface area contributed by atoms with Crippen molar-refractivity contribution in [2.45, 2.75) is 20.0 Å². The van der Waals surface area contributed by atoms with Crippen LogP contribution in [0.25, 0.3) is 11.5 Å². The van der Waals surface area contributed by atoms with Gasteiger partial charge in [0.25, 0.3) is 0 Å². The van der Waals surface area contributed by atoms with E-state index in [0.29, 0.717) is 12.4 Å². The Labute approximate surface area is 170 Å². The molecule has 0 amide bonds. The van der Waals surface area contributed by atoms with Gasteiger partial charge in [0.15, 0.2) is 5.96 Å². The zero-order valence-corrected chi connectivity index (χ0v) is 16.6. The van der Waals surface area contributed by atoms with Gasteiger partial charge in [-0.2, -0.15) is 0 Å². The lowest BCUT2D eigenvalue weighted by Gasteiger charge is -2.36. The Morgan fingerprint density at radius 2 is 1.93 bits per heavy atom. The Balaban J connectivity index is 1.35. The Bertz CT molecular complexity index is 898. The maximum absolute atomic E-state index is 5.62. The monoisotopic (exact) mass is 394 g/mol. The average molecular weight is 394 g/mol. The smallest absolute Gasteiger partial charge is 0.226 e. The van der Waals surface area contributed by atoms with Gasteiger partial charge in [0.05, 0.1) is 12.2 Å². The molecule has 8 nitrogen and oxygen atoms in total. The van der Waals surface area contributed by atoms with Gasteiger partial charge < -0.3 is 19.2 Å². The van der Waals surface area contributed by atoms with E-state index in [-0.39, 0.29) is 0 Å². The van der Waals surface area contributed by atoms with Crippen LogP contribution in [0.2, 0.25) is 0 Å². The molecule has 0 bridgehead atoms. The van der Waals surface area contributed by atoms with Crippen molar-refractivity contribution in [3.63, 3.8) is 0 Å². The maximum Gasteiger partial charge on any atom is 0.226 e. The number of hydrogen-bond acceptors (Lipinski definition) is 6. The van der Waals surface area contributed by atoms with Crippen LogP contribution in [0.15, 0.2) is 62.9 Å². The third-order valence-corrected chi connectivity index (χ3v) is 4.85. The Hall–Kier alpha value is -3.13. The fourth-order valence-electron chi connectivity index (χ4n) is 3.34. The van der Waals surface area contributed by atoms with Gasteiger partial charge in [-0.15, -0.1) is 0 Å². The average Bonchev–Trinajstić information content (AvgIpc) is 3.45. The summed E-state index contributed by atoms with van der Waals surface area (Å²) < 4.78 is 10.5. The molecular weight excluding hydrogens is 368 g/mol. The highest BCUT2D eigenvalue weighted by molar-refractivity contribution is 5.80. The number of aliphatic imine (C=N–C) groups is 1. The predicted molar refractivity (Wildman–Crippen MR) is 110 cm³/mol. The van der Waals surface area contributed by atoms with Crippen molar-refractivity contribution < 1.29 is 8.94 Å². The van der Waals surface area contributed by atoms with Crippen molar-refractivity contribution in [1.82, 2.24) is 25.3 Å². The van der Waals surface area contributed by atoms with Crippen molar-refractivity contribution in [2.75, 3.05) is 32.7 Å². The Morgan fingerprint density at radius 1 is 1.10 bits per heavy atom. The molecule has 152 valence electrons. The highest BCUT2D eigenvalue weighted by Gasteiger charge is 2.20. The fraction of sp³-hybridized carbons (Fsp3) is 0.381. The first-order valence-electron chi connectivity index (χ1n) is 9.96. The second kappa shape index (κ2) is 9.38. The van der Waals surface area contributed by atoms with E-state index in [1.807, 2.05) is 36.4 Å². The second-order valence-corrected chi connectivity index (χ2v) is 6.93. The molecule has 1 N–H and O–H groups in total. The van der Waals surface area contributed by atoms with E-state index in [0.717, 1.165) is 62.2 Å². The van der Waals surface area contributed by atoms with Gasteiger partial charge in [-0.1, -0.05) is 23.4 Å². The van der Waals surface area contributed by atoms with Gasteiger partial charge >= 0.3 is 0 Å². The number of guanidine groups is 1. The summed E-state index contributed by atoms with van der Waals surface area (Å²) in [5, 5.41) is 7.39. The van der Waals surface area contributed by atoms with Gasteiger partial charge in [0, 0.05) is 50.9 Å². The summed E-state index contributed by atoms with van der Waals surface area (Å²) in [4.78, 5) is 14.0. The number of hydrogen-bond donors (Lipinski definition) is 1. The topological polar surface area (TPSA) is 82.9 Å². The zero-order chi connectivity index (χ0) is 19.9. The number of nitrogens with one attached hydrogen (secondary N) is 1. The first kappa shape index (κ1) is 19.2. The lowest BCUT2D eigenvalue weighted by atomic mass is 10.2. The fourth-order valence-corrected chi connectivity index (χ4v) is 3.34. The summed E-state index contributed by atoms with van der Waals surface area (Å²) in [5.41, 5.74) is 2.76. The summed E-state index contributed by atoms with van der Waals surface area (Å²) in [6, 6.07) is 11.8. The number of nitrogens with zero attached hydrogens (tertiary/aromatic N) is 5. The molecule has 1 aliphatic rings. The maximum atomic E-state index is 5.62. The minimum absolute atomic E-state index is 0.484. The van der Waals surface area contributed by atoms with Gasteiger partial charge in [-0.3, -0.25) is 4.90 Å². The van der Waals surface area contributed by atoms with Crippen LogP contribution in [-0.4, -0.2) is 58.6 Å². The first-order valence-corrected chi connectivity index (χ1v) is 9.96. The summed E-state index contributed by atoms with van der Waals surface area (Å²) in [5.74, 6) is 1.54. The largest absolute Gasteiger partial charge is 0.444 e. The van der Waals surface area contributed by atoms with Gasteiger partial charge in [-0.05, 0) is 19.1 Å². The lowest BCUT2D eigenvalue weighted by molar-refractivity contribution is 0.169. The lowest BCUT2D eigenvalue weighted by Crippen LogP contribution is -2.52. The number of aromatic nitrogens is 2. The Kier molecular flexibility index (Phi) is 6.21. The molecule has 2 aromatic heterocycles. The molecule has 0 spiro atoms. The molecule has 0 unspecified atom stereocenters. The summed E-state index contributed by atoms with van der Waals surface area (Å²) in [6.07, 6.45) is 3.31. The highest BCUT2D eigenvalue weighted by Crippen LogP contribution is 2.18. The van der Waals surface area contributed by atoms with Crippen molar-refractivity contribution in [1.29, 1.82) is 0 Å². The molecule has 0 atom stereocenters. The first-order chi connectivity index (χ1) is 14.3. The van der Waals surface area contributed by atoms with E-state index in [4.69, 9.17) is 13.9 Å². The van der Waals surface area contributed by atoms with E-state index in [9.17, 15) is 0 Å². The number of oxazole rings is 1. The standard InChI is InChI=1S/C21H26N6O2/c1-2-22-21(27-11-9-26(10-12-27)15-18-8-13-29-25-18)23-14-19-16-28-20(24-19)17-6-4-3-5-7-17/h3-8,13,16H,2,9-12,14-15H2,1H3,(H,22,23). The Morgan fingerprint density at radius 3 is 2.66 bits per heavy atom. The van der Waals surface area contributed by atoms with Crippen molar-refractivity contribution in [2.24, 2.45) is 4.99 Å². The molecule has 1 aromatic carbocycles. The van der Waals surface area contributed by atoms with Crippen LogP contribution in [0, 0.1) is 0 Å². The van der Waals surface area contributed by atoms with Crippen LogP contribution >= 0.6 is 0 Å². The molecule has 0 saturated carbocycles. The predicted octanol–water partition coefficient (Wildman–Crippen LogP) is 2.61. The van der Waals surface area contributed by atoms with E-state index < -0.39 is 0 Å². The third kappa shape index (κ3) is 5.03. The summed E-state index contributed by atoms with van der Waals surface area (Å²) in [6.45, 7) is 7.96. The molecule has 1 saturated heterocycles. The molecule has 3 aromatic rings. The van der Waals surface area contributed by atoms with E-state index in [2.05, 4.69) is 32.2 Å². The van der Waals surface area contributed by atoms with Crippen LogP contribution in [0.1, 0.15) is 18.3 Å². The molecule has 0 aliphatic carbocycles. The highest BCUT2D eigenvalue weighted by atomic mass is 16.5. The van der Waals surface area contributed by atoms with Gasteiger partial charge in [0.2, 0.25) is 5.89 Å². The number of piperazine rings is 1. The van der Waals surface area contributed by atoms with Crippen LogP contribution in [-0.2, 0) is 13.1 Å². The molecule has 1 fully saturated rings. The van der Waals surface area contributed by atoms with Gasteiger partial charge in [0.1, 0.15) is 18.2 Å². The van der Waals surface area contributed by atoms with E-state index >= 15 is 0 Å². The molecular formula is C21H26N6O2.